The molecule has 10 heteroatoms. The molecule has 1 aliphatic carbocycles. The number of nitrogens with zero attached hydrogens (tertiary/aromatic N) is 5. The van der Waals surface area contributed by atoms with Crippen LogP contribution in [0.2, 0.25) is 0 Å². The minimum absolute atomic E-state index is 0.0371. The second-order valence-electron chi connectivity index (χ2n) is 9.71. The van der Waals surface area contributed by atoms with Crippen LogP contribution in [-0.4, -0.2) is 70.1 Å². The lowest BCUT2D eigenvalue weighted by Gasteiger charge is -2.33. The number of carbonyl (C=O) groups is 2. The van der Waals surface area contributed by atoms with E-state index in [1.807, 2.05) is 30.3 Å². The van der Waals surface area contributed by atoms with Crippen molar-refractivity contribution >= 4 is 39.9 Å². The third-order valence-electron chi connectivity index (χ3n) is 6.90. The molecular weight excluding hydrogens is 468 g/mol. The Morgan fingerprint density at radius 2 is 1.78 bits per heavy atom. The van der Waals surface area contributed by atoms with E-state index >= 15 is 0 Å². The first kappa shape index (κ1) is 23.1. The minimum atomic E-state index is -0.303. The molecule has 4 aromatic rings. The van der Waals surface area contributed by atoms with E-state index < -0.39 is 0 Å². The highest BCUT2D eigenvalue weighted by Crippen LogP contribution is 2.31. The molecule has 188 valence electrons. The summed E-state index contributed by atoms with van der Waals surface area (Å²) in [6.45, 7) is 3.75. The van der Waals surface area contributed by atoms with Crippen LogP contribution in [0, 0.1) is 5.92 Å². The van der Waals surface area contributed by atoms with Crippen LogP contribution in [0.25, 0.3) is 22.0 Å². The van der Waals surface area contributed by atoms with Crippen LogP contribution in [-0.2, 0) is 4.79 Å². The van der Waals surface area contributed by atoms with E-state index in [2.05, 4.69) is 47.6 Å². The van der Waals surface area contributed by atoms with Crippen molar-refractivity contribution in [2.24, 2.45) is 5.92 Å². The molecule has 0 unspecified atom stereocenters. The highest BCUT2D eigenvalue weighted by molar-refractivity contribution is 6.11. The first-order chi connectivity index (χ1) is 18.0. The summed E-state index contributed by atoms with van der Waals surface area (Å²) in [5.41, 5.74) is 4.11. The van der Waals surface area contributed by atoms with Gasteiger partial charge in [-0.2, -0.15) is 5.10 Å². The number of amides is 2. The van der Waals surface area contributed by atoms with Gasteiger partial charge < -0.3 is 20.4 Å². The Morgan fingerprint density at radius 3 is 2.59 bits per heavy atom. The van der Waals surface area contributed by atoms with E-state index in [0.717, 1.165) is 61.5 Å². The summed E-state index contributed by atoms with van der Waals surface area (Å²) in [7, 11) is 2.11. The predicted molar refractivity (Wildman–Crippen MR) is 143 cm³/mol. The van der Waals surface area contributed by atoms with E-state index in [4.69, 9.17) is 0 Å². The van der Waals surface area contributed by atoms with Gasteiger partial charge in [-0.25, -0.2) is 4.98 Å². The smallest absolute Gasteiger partial charge is 0.276 e. The number of H-pyrrole nitrogens is 1. The number of rotatable bonds is 6. The van der Waals surface area contributed by atoms with Crippen LogP contribution in [0.3, 0.4) is 0 Å². The number of aromatic amines is 1. The Labute approximate surface area is 214 Å². The predicted octanol–water partition coefficient (Wildman–Crippen LogP) is 3.37. The lowest BCUT2D eigenvalue weighted by atomic mass is 10.0. The van der Waals surface area contributed by atoms with Crippen molar-refractivity contribution in [2.75, 3.05) is 48.8 Å². The Hall–Kier alpha value is -4.31. The molecule has 2 fully saturated rings. The molecule has 0 bridgehead atoms. The van der Waals surface area contributed by atoms with Gasteiger partial charge in [-0.15, -0.1) is 0 Å². The maximum Gasteiger partial charge on any atom is 0.276 e. The molecule has 10 nitrogen and oxygen atoms in total. The molecule has 1 saturated heterocycles. The van der Waals surface area contributed by atoms with E-state index in [1.54, 1.807) is 24.7 Å². The van der Waals surface area contributed by atoms with Crippen LogP contribution in [0.1, 0.15) is 23.3 Å². The third-order valence-corrected chi connectivity index (χ3v) is 6.90. The molecule has 4 heterocycles. The molecule has 1 saturated carbocycles. The number of pyridine rings is 2. The van der Waals surface area contributed by atoms with Gasteiger partial charge in [-0.3, -0.25) is 19.7 Å². The molecule has 1 aliphatic heterocycles. The number of benzene rings is 1. The van der Waals surface area contributed by atoms with Gasteiger partial charge in [0.2, 0.25) is 5.91 Å². The number of anilines is 3. The summed E-state index contributed by atoms with van der Waals surface area (Å²) in [5.74, 6) is 0.698. The monoisotopic (exact) mass is 496 g/mol. The third kappa shape index (κ3) is 5.01. The van der Waals surface area contributed by atoms with Crippen molar-refractivity contribution in [1.29, 1.82) is 0 Å². The van der Waals surface area contributed by atoms with Crippen LogP contribution in [0.4, 0.5) is 17.2 Å². The van der Waals surface area contributed by atoms with Crippen molar-refractivity contribution in [1.82, 2.24) is 25.1 Å². The Balaban J connectivity index is 1.22. The molecule has 0 radical (unpaired) electrons. The average molecular weight is 497 g/mol. The lowest BCUT2D eigenvalue weighted by molar-refractivity contribution is -0.117. The van der Waals surface area contributed by atoms with E-state index in [1.165, 1.54) is 0 Å². The maximum absolute atomic E-state index is 13.2. The second-order valence-corrected chi connectivity index (χ2v) is 9.71. The van der Waals surface area contributed by atoms with Crippen molar-refractivity contribution in [3.8, 4) is 11.1 Å². The first-order valence-electron chi connectivity index (χ1n) is 12.5. The van der Waals surface area contributed by atoms with Gasteiger partial charge in [0.05, 0.1) is 17.4 Å². The summed E-state index contributed by atoms with van der Waals surface area (Å²) in [6, 6.07) is 11.3. The molecule has 6 rings (SSSR count). The van der Waals surface area contributed by atoms with Crippen LogP contribution >= 0.6 is 0 Å². The van der Waals surface area contributed by atoms with Crippen LogP contribution < -0.4 is 15.5 Å². The number of fused-ring (bicyclic) bond motifs is 1. The minimum Gasteiger partial charge on any atom is -0.354 e. The van der Waals surface area contributed by atoms with Gasteiger partial charge in [0.25, 0.3) is 5.91 Å². The van der Waals surface area contributed by atoms with Crippen molar-refractivity contribution in [2.45, 2.75) is 12.8 Å². The van der Waals surface area contributed by atoms with Gasteiger partial charge >= 0.3 is 0 Å². The summed E-state index contributed by atoms with van der Waals surface area (Å²) in [5, 5.41) is 13.9. The van der Waals surface area contributed by atoms with Gasteiger partial charge in [0.15, 0.2) is 5.69 Å². The maximum atomic E-state index is 13.2. The summed E-state index contributed by atoms with van der Waals surface area (Å²) >= 11 is 0. The quantitative estimate of drug-likeness (QED) is 0.374. The fourth-order valence-electron chi connectivity index (χ4n) is 4.52. The molecule has 37 heavy (non-hydrogen) atoms. The Morgan fingerprint density at radius 1 is 0.946 bits per heavy atom. The number of carbonyl (C=O) groups excluding carboxylic acids is 2. The van der Waals surface area contributed by atoms with E-state index in [9.17, 15) is 9.59 Å². The highest BCUT2D eigenvalue weighted by Gasteiger charge is 2.29. The largest absolute Gasteiger partial charge is 0.354 e. The normalized spacial score (nSPS) is 16.1. The molecule has 2 aliphatic rings. The van der Waals surface area contributed by atoms with Crippen LogP contribution in [0.15, 0.2) is 55.0 Å². The van der Waals surface area contributed by atoms with E-state index in [0.29, 0.717) is 22.5 Å². The zero-order valence-electron chi connectivity index (χ0n) is 20.6. The van der Waals surface area contributed by atoms with E-state index in [-0.39, 0.29) is 17.7 Å². The fourth-order valence-corrected chi connectivity index (χ4v) is 4.52. The molecule has 3 aromatic heterocycles. The molecule has 3 N–H and O–H groups in total. The van der Waals surface area contributed by atoms with Gasteiger partial charge in [-0.1, -0.05) is 6.07 Å². The second kappa shape index (κ2) is 9.62. The van der Waals surface area contributed by atoms with Crippen molar-refractivity contribution in [3.63, 3.8) is 0 Å². The summed E-state index contributed by atoms with van der Waals surface area (Å²) in [4.78, 5) is 38.7. The summed E-state index contributed by atoms with van der Waals surface area (Å²) in [6.07, 6.45) is 6.98. The lowest BCUT2D eigenvalue weighted by Crippen LogP contribution is -2.44. The number of likely N-dealkylation sites (N-methyl/N-ethyl adjacent to an activating group) is 1. The number of aromatic nitrogens is 4. The zero-order chi connectivity index (χ0) is 25.4. The molecule has 1 aromatic carbocycles. The fraction of sp³-hybridized carbons (Fsp3) is 0.296. The molecule has 0 spiro atoms. The molecule has 2 amide bonds. The first-order valence-corrected chi connectivity index (χ1v) is 12.5. The zero-order valence-corrected chi connectivity index (χ0v) is 20.6. The number of nitrogens with one attached hydrogen (secondary N) is 3. The molecule has 0 atom stereocenters. The van der Waals surface area contributed by atoms with Gasteiger partial charge in [0, 0.05) is 67.2 Å². The Kier molecular flexibility index (Phi) is 6.01. The highest BCUT2D eigenvalue weighted by atomic mass is 16.2. The van der Waals surface area contributed by atoms with Crippen molar-refractivity contribution in [3.05, 3.63) is 60.7 Å². The summed E-state index contributed by atoms with van der Waals surface area (Å²) < 4.78 is 0. The molecular formula is C27H28N8O2. The number of piperazine rings is 1. The number of hydrogen-bond acceptors (Lipinski definition) is 7. The standard InChI is InChI=1S/C27H28N8O2/c1-34-8-10-35(11-9-34)24-14-20(6-7-29-24)30-27(37)25-22-13-18(4-5-23(22)32-33-25)19-12-21(16-28-15-19)31-26(36)17-2-3-17/h4-7,12-17H,2-3,8-11H2,1H3,(H,31,36)(H,32,33)(H,29,30,37). The number of hydrogen-bond donors (Lipinski definition) is 3. The van der Waals surface area contributed by atoms with Gasteiger partial charge in [-0.05, 0) is 49.7 Å². The van der Waals surface area contributed by atoms with Crippen molar-refractivity contribution < 1.29 is 9.59 Å². The SMILES string of the molecule is CN1CCN(c2cc(NC(=O)c3n[nH]c4ccc(-c5cncc(NC(=O)C6CC6)c5)cc34)ccn2)CC1. The Bertz CT molecular complexity index is 1470. The van der Waals surface area contributed by atoms with Crippen LogP contribution in [0.5, 0.6) is 0 Å². The topological polar surface area (TPSA) is 119 Å². The average Bonchev–Trinajstić information content (AvgIpc) is 3.68. The van der Waals surface area contributed by atoms with Gasteiger partial charge in [0.1, 0.15) is 5.82 Å².